The average molecular weight is 266 g/mol. The van der Waals surface area contributed by atoms with E-state index in [1.807, 2.05) is 6.07 Å². The van der Waals surface area contributed by atoms with Gasteiger partial charge in [-0.2, -0.15) is 0 Å². The van der Waals surface area contributed by atoms with Gasteiger partial charge in [0.2, 0.25) is 0 Å². The lowest BCUT2D eigenvalue weighted by atomic mass is 10.2. The van der Waals surface area contributed by atoms with Crippen LogP contribution >= 0.6 is 0 Å². The van der Waals surface area contributed by atoms with Crippen molar-refractivity contribution in [1.29, 1.82) is 0 Å². The Bertz CT molecular complexity index is 321. The van der Waals surface area contributed by atoms with Crippen LogP contribution < -0.4 is 9.47 Å². The Hall–Kier alpha value is -0.746. The maximum atomic E-state index is 5.77. The second-order valence-corrected chi connectivity index (χ2v) is 10.4. The monoisotopic (exact) mass is 266 g/mol. The normalized spacial score (nSPS) is 11.0. The van der Waals surface area contributed by atoms with Crippen LogP contribution in [0.25, 0.3) is 0 Å². The fourth-order valence-corrected chi connectivity index (χ4v) is 2.25. The quantitative estimate of drug-likeness (QED) is 0.735. The third-order valence-electron chi connectivity index (χ3n) is 2.08. The molecule has 0 fully saturated rings. The summed E-state index contributed by atoms with van der Waals surface area (Å²) in [5.74, 6) is 1.87. The topological polar surface area (TPSA) is 18.5 Å². The molecule has 1 aromatic carbocycles. The Morgan fingerprint density at radius 2 is 1.24 bits per heavy atom. The van der Waals surface area contributed by atoms with E-state index in [0.29, 0.717) is 0 Å². The smallest absolute Gasteiger partial charge is 0.122 e. The molecule has 0 aliphatic heterocycles. The minimum absolute atomic E-state index is 0.341. The molecule has 0 aliphatic carbocycles. The molecule has 0 saturated heterocycles. The van der Waals surface area contributed by atoms with Crippen molar-refractivity contribution in [1.82, 2.24) is 0 Å². The highest BCUT2D eigenvalue weighted by molar-refractivity contribution is 6.55. The van der Waals surface area contributed by atoms with Gasteiger partial charge in [0.05, 0.1) is 30.1 Å². The Morgan fingerprint density at radius 1 is 0.824 bits per heavy atom. The van der Waals surface area contributed by atoms with Crippen molar-refractivity contribution >= 4 is 17.6 Å². The van der Waals surface area contributed by atoms with E-state index in [1.54, 1.807) is 0 Å². The summed E-state index contributed by atoms with van der Waals surface area (Å²) >= 11 is 0. The highest BCUT2D eigenvalue weighted by atomic mass is 28.3. The summed E-state index contributed by atoms with van der Waals surface area (Å²) in [5, 5.41) is 0. The van der Waals surface area contributed by atoms with E-state index in [9.17, 15) is 0 Å². The first-order valence-corrected chi connectivity index (χ1v) is 11.3. The summed E-state index contributed by atoms with van der Waals surface area (Å²) < 4.78 is 11.5. The van der Waals surface area contributed by atoms with Gasteiger partial charge in [0, 0.05) is 6.07 Å². The maximum absolute atomic E-state index is 5.77. The lowest BCUT2D eigenvalue weighted by Gasteiger charge is -2.12. The van der Waals surface area contributed by atoms with Crippen LogP contribution in [0.3, 0.4) is 0 Å². The summed E-state index contributed by atoms with van der Waals surface area (Å²) in [7, 11) is -0.682. The average Bonchev–Trinajstić information content (AvgIpc) is 2.23. The molecule has 0 amide bonds. The van der Waals surface area contributed by atoms with Crippen molar-refractivity contribution in [3.63, 3.8) is 0 Å². The van der Waals surface area contributed by atoms with E-state index in [-0.39, 0.29) is 17.6 Å². The first kappa shape index (κ1) is 14.3. The molecule has 0 heterocycles. The highest BCUT2D eigenvalue weighted by Crippen LogP contribution is 2.22. The molecule has 0 spiro atoms. The lowest BCUT2D eigenvalue weighted by molar-refractivity contribution is 0.362. The number of hydrogen-bond acceptors (Lipinski definition) is 2. The molecule has 0 saturated carbocycles. The number of benzene rings is 1. The fraction of sp³-hybridized carbons (Fsp3) is 0.538. The van der Waals surface area contributed by atoms with Crippen LogP contribution in [0.4, 0.5) is 0 Å². The number of ether oxygens (including phenoxy) is 2. The molecular weight excluding hydrogens is 244 g/mol. The lowest BCUT2D eigenvalue weighted by Crippen LogP contribution is -2.15. The van der Waals surface area contributed by atoms with Crippen LogP contribution in [-0.2, 0) is 0 Å². The van der Waals surface area contributed by atoms with E-state index in [0.717, 1.165) is 24.0 Å². The van der Waals surface area contributed by atoms with Gasteiger partial charge in [-0.15, -0.1) is 0 Å². The van der Waals surface area contributed by atoms with E-state index in [1.165, 1.54) is 5.56 Å². The zero-order chi connectivity index (χ0) is 12.8. The van der Waals surface area contributed by atoms with Crippen molar-refractivity contribution in [2.45, 2.75) is 33.1 Å². The van der Waals surface area contributed by atoms with Crippen molar-refractivity contribution in [2.75, 3.05) is 12.5 Å². The standard InChI is InChI=1S/C13H22O2Si2/c1-11-6-12(14-9-16(2)3)8-13(7-11)15-10-17(4)5/h6-8H,9-10H2,1-5H3. The van der Waals surface area contributed by atoms with Gasteiger partial charge in [-0.25, -0.2) is 0 Å². The highest BCUT2D eigenvalue weighted by Gasteiger charge is 2.04. The minimum atomic E-state index is -0.341. The molecule has 94 valence electrons. The van der Waals surface area contributed by atoms with E-state index in [2.05, 4.69) is 45.2 Å². The van der Waals surface area contributed by atoms with Gasteiger partial charge >= 0.3 is 0 Å². The molecule has 1 rings (SSSR count). The van der Waals surface area contributed by atoms with Crippen molar-refractivity contribution in [2.24, 2.45) is 0 Å². The summed E-state index contributed by atoms with van der Waals surface area (Å²) in [6.45, 7) is 11.1. The summed E-state index contributed by atoms with van der Waals surface area (Å²) in [5.41, 5.74) is 1.19. The summed E-state index contributed by atoms with van der Waals surface area (Å²) in [4.78, 5) is 0. The Labute approximate surface area is 108 Å². The zero-order valence-electron chi connectivity index (χ0n) is 11.5. The van der Waals surface area contributed by atoms with E-state index < -0.39 is 0 Å². The maximum Gasteiger partial charge on any atom is 0.122 e. The first-order valence-electron chi connectivity index (χ1n) is 5.92. The third kappa shape index (κ3) is 5.93. The summed E-state index contributed by atoms with van der Waals surface area (Å²) in [6, 6.07) is 6.14. The molecular formula is C13H22O2Si2. The second kappa shape index (κ2) is 6.86. The Balaban J connectivity index is 2.65. The zero-order valence-corrected chi connectivity index (χ0v) is 13.5. The minimum Gasteiger partial charge on any atom is -0.497 e. The van der Waals surface area contributed by atoms with Crippen LogP contribution in [0.1, 0.15) is 5.56 Å². The molecule has 2 nitrogen and oxygen atoms in total. The third-order valence-corrected chi connectivity index (χ3v) is 3.52. The van der Waals surface area contributed by atoms with Gasteiger partial charge in [0.15, 0.2) is 0 Å². The predicted molar refractivity (Wildman–Crippen MR) is 77.1 cm³/mol. The molecule has 0 N–H and O–H groups in total. The molecule has 0 unspecified atom stereocenters. The van der Waals surface area contributed by atoms with Crippen LogP contribution in [-0.4, -0.2) is 30.1 Å². The van der Waals surface area contributed by atoms with Gasteiger partial charge in [-0.1, -0.05) is 26.2 Å². The Kier molecular flexibility index (Phi) is 5.78. The van der Waals surface area contributed by atoms with Crippen LogP contribution in [0, 0.1) is 6.92 Å². The summed E-state index contributed by atoms with van der Waals surface area (Å²) in [6.07, 6.45) is 1.70. The molecule has 0 bridgehead atoms. The van der Waals surface area contributed by atoms with Crippen LogP contribution in [0.5, 0.6) is 11.5 Å². The molecule has 2 radical (unpaired) electrons. The molecule has 4 heteroatoms. The van der Waals surface area contributed by atoms with Gasteiger partial charge in [-0.3, -0.25) is 0 Å². The predicted octanol–water partition coefficient (Wildman–Crippen LogP) is 3.34. The van der Waals surface area contributed by atoms with Gasteiger partial charge < -0.3 is 9.47 Å². The molecule has 1 aromatic rings. The van der Waals surface area contributed by atoms with Crippen molar-refractivity contribution in [3.8, 4) is 11.5 Å². The van der Waals surface area contributed by atoms with E-state index >= 15 is 0 Å². The molecule has 0 aromatic heterocycles. The van der Waals surface area contributed by atoms with Gasteiger partial charge in [0.25, 0.3) is 0 Å². The molecule has 17 heavy (non-hydrogen) atoms. The van der Waals surface area contributed by atoms with Crippen LogP contribution in [0.15, 0.2) is 18.2 Å². The van der Waals surface area contributed by atoms with Crippen molar-refractivity contribution in [3.05, 3.63) is 23.8 Å². The molecule has 0 atom stereocenters. The first-order chi connectivity index (χ1) is 7.97. The number of rotatable bonds is 6. The van der Waals surface area contributed by atoms with Gasteiger partial charge in [0.1, 0.15) is 11.5 Å². The number of hydrogen-bond donors (Lipinski definition) is 0. The SMILES string of the molecule is Cc1cc(OC[Si](C)C)cc(OC[Si](C)C)c1. The van der Waals surface area contributed by atoms with Crippen molar-refractivity contribution < 1.29 is 9.47 Å². The number of aryl methyl sites for hydroxylation is 1. The Morgan fingerprint density at radius 3 is 1.59 bits per heavy atom. The van der Waals surface area contributed by atoms with E-state index in [4.69, 9.17) is 9.47 Å². The molecule has 0 aliphatic rings. The second-order valence-electron chi connectivity index (χ2n) is 4.97. The van der Waals surface area contributed by atoms with Gasteiger partial charge in [-0.05, 0) is 24.6 Å². The largest absolute Gasteiger partial charge is 0.497 e. The van der Waals surface area contributed by atoms with Crippen LogP contribution in [0.2, 0.25) is 26.2 Å². The fourth-order valence-electron chi connectivity index (χ4n) is 1.34.